The van der Waals surface area contributed by atoms with Crippen molar-refractivity contribution in [3.8, 4) is 0 Å². The van der Waals surface area contributed by atoms with Crippen molar-refractivity contribution in [3.63, 3.8) is 0 Å². The maximum Gasteiger partial charge on any atom is 0.410 e. The molecule has 0 aliphatic carbocycles. The SMILES string of the molecule is CC(C)(C)OC(=O)N1CCCC[C@@H]1CNCc1ccnc(Br)c1. The zero-order valence-corrected chi connectivity index (χ0v) is 15.7. The first kappa shape index (κ1) is 18.2. The van der Waals surface area contributed by atoms with Gasteiger partial charge in [-0.3, -0.25) is 0 Å². The second-order valence-electron chi connectivity index (χ2n) is 6.94. The number of nitrogens with zero attached hydrogens (tertiary/aromatic N) is 2. The van der Waals surface area contributed by atoms with Gasteiger partial charge in [-0.1, -0.05) is 0 Å². The highest BCUT2D eigenvalue weighted by molar-refractivity contribution is 9.10. The fraction of sp³-hybridized carbons (Fsp3) is 0.647. The Kier molecular flexibility index (Phi) is 6.41. The summed E-state index contributed by atoms with van der Waals surface area (Å²) in [6, 6.07) is 4.19. The number of likely N-dealkylation sites (tertiary alicyclic amines) is 1. The van der Waals surface area contributed by atoms with E-state index in [1.807, 2.05) is 37.8 Å². The maximum absolute atomic E-state index is 12.4. The van der Waals surface area contributed by atoms with Gasteiger partial charge in [0.2, 0.25) is 0 Å². The Morgan fingerprint density at radius 1 is 1.48 bits per heavy atom. The third kappa shape index (κ3) is 6.11. The largest absolute Gasteiger partial charge is 0.444 e. The van der Waals surface area contributed by atoms with Crippen molar-refractivity contribution in [2.45, 2.75) is 58.2 Å². The molecule has 0 spiro atoms. The van der Waals surface area contributed by atoms with Crippen molar-refractivity contribution in [2.75, 3.05) is 13.1 Å². The minimum absolute atomic E-state index is 0.198. The van der Waals surface area contributed by atoms with Gasteiger partial charge in [0.15, 0.2) is 0 Å². The van der Waals surface area contributed by atoms with Gasteiger partial charge in [-0.25, -0.2) is 9.78 Å². The highest BCUT2D eigenvalue weighted by Crippen LogP contribution is 2.20. The standard InChI is InChI=1S/C17H26BrN3O2/c1-17(2,3)23-16(22)21-9-5-4-6-14(21)12-19-11-13-7-8-20-15(18)10-13/h7-8,10,14,19H,4-6,9,11-12H2,1-3H3/t14-/m1/s1. The van der Waals surface area contributed by atoms with Gasteiger partial charge in [0.1, 0.15) is 10.2 Å². The van der Waals surface area contributed by atoms with Crippen molar-refractivity contribution in [2.24, 2.45) is 0 Å². The Bertz CT molecular complexity index is 531. The molecule has 2 heterocycles. The first-order chi connectivity index (χ1) is 10.8. The number of aromatic nitrogens is 1. The Hall–Kier alpha value is -1.14. The van der Waals surface area contributed by atoms with E-state index in [0.717, 1.165) is 43.5 Å². The van der Waals surface area contributed by atoms with Crippen LogP contribution in [0.15, 0.2) is 22.9 Å². The molecule has 1 fully saturated rings. The summed E-state index contributed by atoms with van der Waals surface area (Å²) < 4.78 is 6.37. The number of pyridine rings is 1. The number of piperidine rings is 1. The number of carbonyl (C=O) groups excluding carboxylic acids is 1. The Morgan fingerprint density at radius 3 is 2.96 bits per heavy atom. The lowest BCUT2D eigenvalue weighted by Gasteiger charge is -2.37. The van der Waals surface area contributed by atoms with E-state index in [-0.39, 0.29) is 12.1 Å². The lowest BCUT2D eigenvalue weighted by molar-refractivity contribution is 0.00993. The molecular weight excluding hydrogens is 358 g/mol. The summed E-state index contributed by atoms with van der Waals surface area (Å²) in [6.45, 7) is 8.04. The van der Waals surface area contributed by atoms with Crippen LogP contribution in [0, 0.1) is 0 Å². The van der Waals surface area contributed by atoms with Crippen LogP contribution in [0.5, 0.6) is 0 Å². The summed E-state index contributed by atoms with van der Waals surface area (Å²) in [5.41, 5.74) is 0.724. The molecule has 1 atom stereocenters. The molecule has 1 saturated heterocycles. The van der Waals surface area contributed by atoms with Crippen LogP contribution in [0.2, 0.25) is 0 Å². The zero-order valence-electron chi connectivity index (χ0n) is 14.1. The normalized spacial score (nSPS) is 18.8. The average molecular weight is 384 g/mol. The number of amides is 1. The molecule has 0 bridgehead atoms. The van der Waals surface area contributed by atoms with Crippen LogP contribution < -0.4 is 5.32 Å². The number of carbonyl (C=O) groups is 1. The van der Waals surface area contributed by atoms with Crippen LogP contribution in [0.25, 0.3) is 0 Å². The molecule has 0 radical (unpaired) electrons. The van der Waals surface area contributed by atoms with Crippen molar-refractivity contribution >= 4 is 22.0 Å². The molecule has 1 aliphatic heterocycles. The first-order valence-corrected chi connectivity index (χ1v) is 8.95. The maximum atomic E-state index is 12.4. The summed E-state index contributed by atoms with van der Waals surface area (Å²) in [5.74, 6) is 0. The number of ether oxygens (including phenoxy) is 1. The molecular formula is C17H26BrN3O2. The van der Waals surface area contributed by atoms with Gasteiger partial charge in [0.05, 0.1) is 0 Å². The van der Waals surface area contributed by atoms with Crippen LogP contribution in [-0.4, -0.2) is 40.7 Å². The molecule has 5 nitrogen and oxygen atoms in total. The van der Waals surface area contributed by atoms with Crippen molar-refractivity contribution in [3.05, 3.63) is 28.5 Å². The summed E-state index contributed by atoms with van der Waals surface area (Å²) in [5, 5.41) is 3.45. The fourth-order valence-corrected chi connectivity index (χ4v) is 3.12. The zero-order chi connectivity index (χ0) is 16.9. The second-order valence-corrected chi connectivity index (χ2v) is 7.75. The number of halogens is 1. The second kappa shape index (κ2) is 8.11. The Labute approximate surface area is 146 Å². The van der Waals surface area contributed by atoms with Gasteiger partial charge in [-0.05, 0) is 73.7 Å². The number of hydrogen-bond acceptors (Lipinski definition) is 4. The molecule has 6 heteroatoms. The van der Waals surface area contributed by atoms with Gasteiger partial charge >= 0.3 is 6.09 Å². The lowest BCUT2D eigenvalue weighted by atomic mass is 10.0. The topological polar surface area (TPSA) is 54.5 Å². The Balaban J connectivity index is 1.87. The van der Waals surface area contributed by atoms with E-state index in [2.05, 4.69) is 26.2 Å². The molecule has 0 aromatic carbocycles. The molecule has 23 heavy (non-hydrogen) atoms. The smallest absolute Gasteiger partial charge is 0.410 e. The number of rotatable bonds is 4. The van der Waals surface area contributed by atoms with Crippen molar-refractivity contribution in [1.82, 2.24) is 15.2 Å². The highest BCUT2D eigenvalue weighted by atomic mass is 79.9. The van der Waals surface area contributed by atoms with Gasteiger partial charge in [0, 0.05) is 31.9 Å². The molecule has 0 unspecified atom stereocenters. The van der Waals surface area contributed by atoms with Crippen LogP contribution in [0.3, 0.4) is 0 Å². The van der Waals surface area contributed by atoms with Gasteiger partial charge < -0.3 is 15.0 Å². The van der Waals surface area contributed by atoms with E-state index in [1.54, 1.807) is 6.20 Å². The van der Waals surface area contributed by atoms with Crippen molar-refractivity contribution in [1.29, 1.82) is 0 Å². The number of nitrogens with one attached hydrogen (secondary N) is 1. The fourth-order valence-electron chi connectivity index (χ4n) is 2.71. The molecule has 1 N–H and O–H groups in total. The van der Waals surface area contributed by atoms with E-state index in [4.69, 9.17) is 4.74 Å². The van der Waals surface area contributed by atoms with E-state index < -0.39 is 5.60 Å². The minimum atomic E-state index is -0.449. The molecule has 1 aliphatic rings. The minimum Gasteiger partial charge on any atom is -0.444 e. The van der Waals surface area contributed by atoms with Crippen LogP contribution in [-0.2, 0) is 11.3 Å². The molecule has 1 amide bonds. The highest BCUT2D eigenvalue weighted by Gasteiger charge is 2.30. The molecule has 1 aromatic rings. The molecule has 0 saturated carbocycles. The summed E-state index contributed by atoms with van der Waals surface area (Å²) in [7, 11) is 0. The van der Waals surface area contributed by atoms with E-state index in [9.17, 15) is 4.79 Å². The van der Waals surface area contributed by atoms with E-state index in [1.165, 1.54) is 5.56 Å². The average Bonchev–Trinajstić information content (AvgIpc) is 2.46. The molecule has 1 aromatic heterocycles. The summed E-state index contributed by atoms with van der Waals surface area (Å²) in [4.78, 5) is 18.4. The van der Waals surface area contributed by atoms with Gasteiger partial charge in [-0.2, -0.15) is 0 Å². The van der Waals surface area contributed by atoms with Crippen LogP contribution in [0.4, 0.5) is 4.79 Å². The first-order valence-electron chi connectivity index (χ1n) is 8.16. The monoisotopic (exact) mass is 383 g/mol. The van der Waals surface area contributed by atoms with E-state index in [0.29, 0.717) is 0 Å². The Morgan fingerprint density at radius 2 is 2.26 bits per heavy atom. The third-order valence-corrected chi connectivity index (χ3v) is 4.19. The lowest BCUT2D eigenvalue weighted by Crippen LogP contribution is -2.50. The molecule has 128 valence electrons. The van der Waals surface area contributed by atoms with E-state index >= 15 is 0 Å². The number of hydrogen-bond donors (Lipinski definition) is 1. The summed E-state index contributed by atoms with van der Waals surface area (Å²) in [6.07, 6.45) is 4.82. The predicted octanol–water partition coefficient (Wildman–Crippen LogP) is 3.72. The predicted molar refractivity (Wildman–Crippen MR) is 94.2 cm³/mol. The third-order valence-electron chi connectivity index (χ3n) is 3.76. The summed E-state index contributed by atoms with van der Waals surface area (Å²) >= 11 is 3.38. The quantitative estimate of drug-likeness (QED) is 0.804. The van der Waals surface area contributed by atoms with Crippen LogP contribution in [0.1, 0.15) is 45.6 Å². The van der Waals surface area contributed by atoms with Gasteiger partial charge in [-0.15, -0.1) is 0 Å². The molecule has 2 rings (SSSR count). The van der Waals surface area contributed by atoms with Crippen molar-refractivity contribution < 1.29 is 9.53 Å². The van der Waals surface area contributed by atoms with Crippen LogP contribution >= 0.6 is 15.9 Å². The van der Waals surface area contributed by atoms with Gasteiger partial charge in [0.25, 0.3) is 0 Å².